The molecule has 1 fully saturated rings. The van der Waals surface area contributed by atoms with Gasteiger partial charge in [0.25, 0.3) is 0 Å². The van der Waals surface area contributed by atoms with Gasteiger partial charge in [-0.15, -0.1) is 0 Å². The lowest BCUT2D eigenvalue weighted by Crippen LogP contribution is -2.32. The first-order valence-electron chi connectivity index (χ1n) is 9.68. The molecule has 150 valence electrons. The number of aryl methyl sites for hydroxylation is 2. The Morgan fingerprint density at radius 2 is 1.38 bits per heavy atom. The van der Waals surface area contributed by atoms with Crippen LogP contribution in [0, 0.1) is 13.8 Å². The fourth-order valence-corrected chi connectivity index (χ4v) is 3.85. The Hall–Kier alpha value is -3.14. The molecule has 2 aromatic rings. The normalized spacial score (nSPS) is 18.5. The topological polar surface area (TPSA) is 52.6 Å². The highest BCUT2D eigenvalue weighted by molar-refractivity contribution is 5.99. The molecule has 2 aliphatic rings. The van der Waals surface area contributed by atoms with Crippen LogP contribution in [0.2, 0.25) is 0 Å². The van der Waals surface area contributed by atoms with Gasteiger partial charge in [-0.3, -0.25) is 0 Å². The number of ether oxygens (including phenoxy) is 2. The number of esters is 1. The van der Waals surface area contributed by atoms with Crippen molar-refractivity contribution in [1.29, 1.82) is 0 Å². The third-order valence-corrected chi connectivity index (χ3v) is 4.97. The van der Waals surface area contributed by atoms with E-state index in [1.165, 1.54) is 13.8 Å². The minimum atomic E-state index is -0.946. The van der Waals surface area contributed by atoms with Crippen molar-refractivity contribution in [3.05, 3.63) is 82.0 Å². The van der Waals surface area contributed by atoms with Gasteiger partial charge in [0.15, 0.2) is 5.60 Å². The number of benzene rings is 2. The van der Waals surface area contributed by atoms with Crippen LogP contribution in [0.5, 0.6) is 11.5 Å². The van der Waals surface area contributed by atoms with Crippen molar-refractivity contribution in [2.24, 2.45) is 0 Å². The molecule has 29 heavy (non-hydrogen) atoms. The first kappa shape index (κ1) is 20.6. The van der Waals surface area contributed by atoms with E-state index in [2.05, 4.69) is 0 Å². The van der Waals surface area contributed by atoms with E-state index in [1.807, 2.05) is 76.2 Å². The van der Waals surface area contributed by atoms with E-state index in [0.717, 1.165) is 39.3 Å². The first-order chi connectivity index (χ1) is 13.7. The summed E-state index contributed by atoms with van der Waals surface area (Å²) in [5, 5.41) is 0. The van der Waals surface area contributed by atoms with E-state index in [-0.39, 0.29) is 11.8 Å². The van der Waals surface area contributed by atoms with Gasteiger partial charge in [-0.05, 0) is 64.8 Å². The quantitative estimate of drug-likeness (QED) is 0.428. The zero-order valence-corrected chi connectivity index (χ0v) is 17.8. The predicted octanol–water partition coefficient (Wildman–Crippen LogP) is 5.70. The zero-order valence-electron chi connectivity index (χ0n) is 17.8. The molecule has 4 heteroatoms. The maximum atomic E-state index is 12.6. The summed E-state index contributed by atoms with van der Waals surface area (Å²) in [6.07, 6.45) is 3.79. The maximum absolute atomic E-state index is 12.6. The number of ketones is 1. The third kappa shape index (κ3) is 3.39. The van der Waals surface area contributed by atoms with Gasteiger partial charge in [-0.2, -0.15) is 0 Å². The maximum Gasteiger partial charge on any atom is 0.339 e. The average Bonchev–Trinajstić information content (AvgIpc) is 2.92. The molecule has 0 radical (unpaired) electrons. The van der Waals surface area contributed by atoms with Crippen molar-refractivity contribution in [2.45, 2.75) is 47.1 Å². The lowest BCUT2D eigenvalue weighted by Gasteiger charge is -2.36. The molecule has 4 rings (SSSR count). The Bertz CT molecular complexity index is 1000. The molecule has 0 saturated carbocycles. The molecular weight excluding hydrogens is 364 g/mol. The highest BCUT2D eigenvalue weighted by Crippen LogP contribution is 2.57. The number of hydrogen-bond donors (Lipinski definition) is 0. The Morgan fingerprint density at radius 3 is 1.79 bits per heavy atom. The van der Waals surface area contributed by atoms with Gasteiger partial charge in [0.2, 0.25) is 0 Å². The van der Waals surface area contributed by atoms with Crippen molar-refractivity contribution in [3.8, 4) is 11.5 Å². The van der Waals surface area contributed by atoms with Crippen LogP contribution >= 0.6 is 0 Å². The van der Waals surface area contributed by atoms with Gasteiger partial charge in [0.05, 0.1) is 5.57 Å². The average molecular weight is 390 g/mol. The largest absolute Gasteiger partial charge is 0.456 e. The fourth-order valence-electron chi connectivity index (χ4n) is 3.85. The molecule has 1 saturated heterocycles. The summed E-state index contributed by atoms with van der Waals surface area (Å²) in [5.74, 6) is 1.35. The van der Waals surface area contributed by atoms with Gasteiger partial charge < -0.3 is 14.3 Å². The van der Waals surface area contributed by atoms with Gasteiger partial charge >= 0.3 is 5.97 Å². The van der Waals surface area contributed by atoms with Crippen LogP contribution in [-0.4, -0.2) is 11.8 Å². The van der Waals surface area contributed by atoms with E-state index in [4.69, 9.17) is 9.47 Å². The number of rotatable bonds is 0. The van der Waals surface area contributed by atoms with Crippen LogP contribution in [0.4, 0.5) is 0 Å². The molecule has 2 aliphatic heterocycles. The second-order valence-corrected chi connectivity index (χ2v) is 7.48. The highest BCUT2D eigenvalue weighted by atomic mass is 16.6. The van der Waals surface area contributed by atoms with Gasteiger partial charge in [0.1, 0.15) is 17.3 Å². The van der Waals surface area contributed by atoms with Crippen LogP contribution in [0.25, 0.3) is 0 Å². The minimum absolute atomic E-state index is 0.167. The van der Waals surface area contributed by atoms with Crippen LogP contribution in [0.15, 0.2) is 59.7 Å². The van der Waals surface area contributed by atoms with Crippen molar-refractivity contribution in [1.82, 2.24) is 0 Å². The second kappa shape index (κ2) is 7.70. The van der Waals surface area contributed by atoms with Crippen molar-refractivity contribution in [3.63, 3.8) is 0 Å². The Balaban J connectivity index is 0.000000552. The van der Waals surface area contributed by atoms with E-state index >= 15 is 0 Å². The van der Waals surface area contributed by atoms with Crippen LogP contribution in [0.3, 0.4) is 0 Å². The monoisotopic (exact) mass is 390 g/mol. The molecule has 0 amide bonds. The van der Waals surface area contributed by atoms with Crippen LogP contribution in [0.1, 0.15) is 49.9 Å². The molecule has 0 unspecified atom stereocenters. The number of carbonyl (C=O) groups is 2. The van der Waals surface area contributed by atoms with E-state index in [1.54, 1.807) is 0 Å². The molecular formula is C25H26O4. The van der Waals surface area contributed by atoms with Crippen LogP contribution in [-0.2, 0) is 19.9 Å². The standard InChI is InChI=1S/C22H20O3.C3H6O/c1-5-15-16(6-2)22(25-21(15)23)17-9-7-13(3)11-19(17)24-20-12-14(4)8-10-18(20)22;1-3(2)4/h5-12H,1-4H3;1-2H3/b15-5+,16-6+;. The smallest absolute Gasteiger partial charge is 0.339 e. The summed E-state index contributed by atoms with van der Waals surface area (Å²) in [7, 11) is 0. The second-order valence-electron chi connectivity index (χ2n) is 7.48. The number of Topliss-reactive ketones (excluding diaryl/α,β-unsaturated/α-hetero) is 1. The van der Waals surface area contributed by atoms with Gasteiger partial charge in [-0.1, -0.05) is 36.4 Å². The van der Waals surface area contributed by atoms with Gasteiger partial charge in [-0.25, -0.2) is 4.79 Å². The number of hydrogen-bond acceptors (Lipinski definition) is 4. The highest BCUT2D eigenvalue weighted by Gasteiger charge is 2.55. The van der Waals surface area contributed by atoms with E-state index in [9.17, 15) is 9.59 Å². The molecule has 2 aromatic carbocycles. The first-order valence-corrected chi connectivity index (χ1v) is 9.68. The number of fused-ring (bicyclic) bond motifs is 4. The fraction of sp³-hybridized carbons (Fsp3) is 0.280. The minimum Gasteiger partial charge on any atom is -0.456 e. The Labute approximate surface area is 171 Å². The molecule has 2 heterocycles. The number of allylic oxidation sites excluding steroid dienone is 2. The lowest BCUT2D eigenvalue weighted by molar-refractivity contribution is -0.143. The summed E-state index contributed by atoms with van der Waals surface area (Å²) in [6, 6.07) is 12.1. The predicted molar refractivity (Wildman–Crippen MR) is 113 cm³/mol. The van der Waals surface area contributed by atoms with Crippen molar-refractivity contribution < 1.29 is 19.1 Å². The molecule has 0 bridgehead atoms. The summed E-state index contributed by atoms with van der Waals surface area (Å²) in [6.45, 7) is 10.9. The molecule has 1 spiro atoms. The van der Waals surface area contributed by atoms with Gasteiger partial charge in [0, 0.05) is 16.7 Å². The van der Waals surface area contributed by atoms with Crippen molar-refractivity contribution >= 4 is 11.8 Å². The summed E-state index contributed by atoms with van der Waals surface area (Å²) < 4.78 is 12.3. The zero-order chi connectivity index (χ0) is 21.3. The SMILES string of the molecule is C/C=C1/C(=O)OC2(/C1=C/C)c1ccc(C)cc1Oc1cc(C)ccc12.CC(C)=O. The third-order valence-electron chi connectivity index (χ3n) is 4.97. The lowest BCUT2D eigenvalue weighted by atomic mass is 9.76. The molecule has 0 aromatic heterocycles. The molecule has 0 aliphatic carbocycles. The van der Waals surface area contributed by atoms with E-state index in [0.29, 0.717) is 5.57 Å². The summed E-state index contributed by atoms with van der Waals surface area (Å²) in [4.78, 5) is 22.1. The molecule has 4 nitrogen and oxygen atoms in total. The Kier molecular flexibility index (Phi) is 5.47. The summed E-state index contributed by atoms with van der Waals surface area (Å²) in [5.41, 5.74) is 4.48. The Morgan fingerprint density at radius 1 is 0.897 bits per heavy atom. The van der Waals surface area contributed by atoms with Crippen LogP contribution < -0.4 is 4.74 Å². The van der Waals surface area contributed by atoms with E-state index < -0.39 is 5.60 Å². The number of carbonyl (C=O) groups excluding carboxylic acids is 2. The molecule has 0 atom stereocenters. The summed E-state index contributed by atoms with van der Waals surface area (Å²) >= 11 is 0. The van der Waals surface area contributed by atoms with Crippen molar-refractivity contribution in [2.75, 3.05) is 0 Å². The molecule has 0 N–H and O–H groups in total.